The molecule has 4 rings (SSSR count). The minimum atomic E-state index is -0.190. The predicted molar refractivity (Wildman–Crippen MR) is 79.4 cm³/mol. The minimum absolute atomic E-state index is 0.0649. The molecule has 0 bridgehead atoms. The molecule has 0 aromatic heterocycles. The van der Waals surface area contributed by atoms with Crippen molar-refractivity contribution in [3.05, 3.63) is 29.8 Å². The highest BCUT2D eigenvalue weighted by atomic mass is 16.6. The van der Waals surface area contributed by atoms with E-state index in [1.807, 2.05) is 12.1 Å². The highest BCUT2D eigenvalue weighted by Crippen LogP contribution is 2.37. The number of para-hydroxylation sites is 1. The lowest BCUT2D eigenvalue weighted by molar-refractivity contribution is -0.137. The summed E-state index contributed by atoms with van der Waals surface area (Å²) < 4.78 is 11.4. The fourth-order valence-corrected chi connectivity index (χ4v) is 3.89. The number of Topliss-reactive ketones (excluding diaryl/α,β-unsaturated/α-hetero) is 1. The Hall–Kier alpha value is -1.39. The van der Waals surface area contributed by atoms with Crippen molar-refractivity contribution < 1.29 is 14.3 Å². The summed E-state index contributed by atoms with van der Waals surface area (Å²) >= 11 is 0. The number of carbonyl (C=O) groups excluding carboxylic acids is 1. The molecule has 3 atom stereocenters. The quantitative estimate of drug-likeness (QED) is 0.905. The molecule has 3 unspecified atom stereocenters. The van der Waals surface area contributed by atoms with Crippen molar-refractivity contribution in [2.45, 2.75) is 37.3 Å². The highest BCUT2D eigenvalue weighted by Gasteiger charge is 2.44. The molecule has 0 amide bonds. The summed E-state index contributed by atoms with van der Waals surface area (Å²) in [6.07, 6.45) is 3.40. The van der Waals surface area contributed by atoms with Crippen molar-refractivity contribution in [3.8, 4) is 0 Å². The number of benzene rings is 1. The maximum absolute atomic E-state index is 12.9. The lowest BCUT2D eigenvalue weighted by Crippen LogP contribution is -2.45. The normalized spacial score (nSPS) is 34.7. The Kier molecular flexibility index (Phi) is 3.23. The van der Waals surface area contributed by atoms with Gasteiger partial charge in [0.1, 0.15) is 0 Å². The van der Waals surface area contributed by atoms with Gasteiger partial charge in [-0.3, -0.25) is 4.79 Å². The lowest BCUT2D eigenvalue weighted by Gasteiger charge is -2.37. The summed E-state index contributed by atoms with van der Waals surface area (Å²) in [5.74, 6) is 0.452. The zero-order valence-corrected chi connectivity index (χ0v) is 12.1. The van der Waals surface area contributed by atoms with Gasteiger partial charge in [0.05, 0.1) is 18.2 Å². The third kappa shape index (κ3) is 2.36. The summed E-state index contributed by atoms with van der Waals surface area (Å²) in [7, 11) is 0. The SMILES string of the molecule is O=C(C1CCOC2(CCOC2)C1)C1Cc2ccccc2N1. The number of fused-ring (bicyclic) bond motifs is 1. The van der Waals surface area contributed by atoms with Crippen LogP contribution in [0.25, 0.3) is 0 Å². The van der Waals surface area contributed by atoms with Crippen LogP contribution < -0.4 is 5.32 Å². The molecule has 2 saturated heterocycles. The largest absolute Gasteiger partial charge is 0.378 e. The Morgan fingerprint density at radius 2 is 2.19 bits per heavy atom. The average molecular weight is 287 g/mol. The van der Waals surface area contributed by atoms with Crippen LogP contribution in [0.1, 0.15) is 24.8 Å². The monoisotopic (exact) mass is 287 g/mol. The van der Waals surface area contributed by atoms with E-state index in [0.717, 1.165) is 38.0 Å². The Bertz CT molecular complexity index is 526. The first-order valence-corrected chi connectivity index (χ1v) is 7.86. The first kappa shape index (κ1) is 13.3. The first-order valence-electron chi connectivity index (χ1n) is 7.86. The number of carbonyl (C=O) groups is 1. The van der Waals surface area contributed by atoms with Crippen LogP contribution in [-0.2, 0) is 20.7 Å². The van der Waals surface area contributed by atoms with Crippen molar-refractivity contribution in [3.63, 3.8) is 0 Å². The number of ketones is 1. The van der Waals surface area contributed by atoms with Gasteiger partial charge in [-0.2, -0.15) is 0 Å². The van der Waals surface area contributed by atoms with Gasteiger partial charge in [-0.15, -0.1) is 0 Å². The maximum atomic E-state index is 12.9. The van der Waals surface area contributed by atoms with E-state index in [9.17, 15) is 4.79 Å². The summed E-state index contributed by atoms with van der Waals surface area (Å²) in [6, 6.07) is 8.14. The van der Waals surface area contributed by atoms with Gasteiger partial charge in [0.25, 0.3) is 0 Å². The molecule has 0 aliphatic carbocycles. The van der Waals surface area contributed by atoms with Gasteiger partial charge in [-0.1, -0.05) is 18.2 Å². The van der Waals surface area contributed by atoms with Crippen molar-refractivity contribution >= 4 is 11.5 Å². The third-order valence-electron chi connectivity index (χ3n) is 5.08. The van der Waals surface area contributed by atoms with Gasteiger partial charge >= 0.3 is 0 Å². The van der Waals surface area contributed by atoms with Gasteiger partial charge in [0.2, 0.25) is 0 Å². The van der Waals surface area contributed by atoms with Crippen molar-refractivity contribution in [2.75, 3.05) is 25.1 Å². The zero-order valence-electron chi connectivity index (χ0n) is 12.1. The van der Waals surface area contributed by atoms with Crippen LogP contribution in [0.2, 0.25) is 0 Å². The van der Waals surface area contributed by atoms with E-state index in [-0.39, 0.29) is 17.6 Å². The van der Waals surface area contributed by atoms with Crippen LogP contribution in [0.4, 0.5) is 5.69 Å². The van der Waals surface area contributed by atoms with Crippen LogP contribution in [0.15, 0.2) is 24.3 Å². The Morgan fingerprint density at radius 3 is 3.00 bits per heavy atom. The molecule has 1 aromatic carbocycles. The van der Waals surface area contributed by atoms with E-state index in [1.54, 1.807) is 0 Å². The predicted octanol–water partition coefficient (Wildman–Crippen LogP) is 2.18. The van der Waals surface area contributed by atoms with E-state index in [1.165, 1.54) is 5.56 Å². The van der Waals surface area contributed by atoms with Crippen molar-refractivity contribution in [2.24, 2.45) is 5.92 Å². The second-order valence-electron chi connectivity index (χ2n) is 6.48. The molecule has 3 heterocycles. The summed E-state index contributed by atoms with van der Waals surface area (Å²) in [5, 5.41) is 3.39. The summed E-state index contributed by atoms with van der Waals surface area (Å²) in [4.78, 5) is 12.9. The first-order chi connectivity index (χ1) is 10.3. The van der Waals surface area contributed by atoms with E-state index < -0.39 is 0 Å². The van der Waals surface area contributed by atoms with Crippen LogP contribution in [0.3, 0.4) is 0 Å². The molecule has 1 N–H and O–H groups in total. The summed E-state index contributed by atoms with van der Waals surface area (Å²) in [5.41, 5.74) is 2.17. The molecule has 3 aliphatic rings. The fourth-order valence-electron chi connectivity index (χ4n) is 3.89. The number of hydrogen-bond donors (Lipinski definition) is 1. The van der Waals surface area contributed by atoms with E-state index >= 15 is 0 Å². The topological polar surface area (TPSA) is 47.6 Å². The Balaban J connectivity index is 1.46. The fraction of sp³-hybridized carbons (Fsp3) is 0.588. The summed E-state index contributed by atoms with van der Waals surface area (Å²) in [6.45, 7) is 2.09. The molecule has 2 fully saturated rings. The van der Waals surface area contributed by atoms with E-state index in [2.05, 4.69) is 17.4 Å². The number of hydrogen-bond acceptors (Lipinski definition) is 4. The van der Waals surface area contributed by atoms with Gasteiger partial charge in [-0.25, -0.2) is 0 Å². The van der Waals surface area contributed by atoms with Gasteiger partial charge in [-0.05, 0) is 24.5 Å². The standard InChI is InChI=1S/C17H21NO3/c19-16(15-9-12-3-1-2-4-14(12)18-15)13-5-7-21-17(10-13)6-8-20-11-17/h1-4,13,15,18H,5-11H2. The number of anilines is 1. The highest BCUT2D eigenvalue weighted by molar-refractivity contribution is 5.91. The van der Waals surface area contributed by atoms with Gasteiger partial charge in [0.15, 0.2) is 5.78 Å². The minimum Gasteiger partial charge on any atom is -0.378 e. The van der Waals surface area contributed by atoms with E-state index in [4.69, 9.17) is 9.47 Å². The average Bonchev–Trinajstić information content (AvgIpc) is 3.13. The van der Waals surface area contributed by atoms with Gasteiger partial charge in [0, 0.05) is 37.7 Å². The smallest absolute Gasteiger partial charge is 0.158 e. The molecule has 1 aromatic rings. The molecule has 3 aliphatic heterocycles. The van der Waals surface area contributed by atoms with Crippen LogP contribution in [-0.4, -0.2) is 37.2 Å². The zero-order chi connectivity index (χ0) is 14.3. The Morgan fingerprint density at radius 1 is 1.29 bits per heavy atom. The van der Waals surface area contributed by atoms with Crippen LogP contribution in [0.5, 0.6) is 0 Å². The van der Waals surface area contributed by atoms with Crippen LogP contribution in [0, 0.1) is 5.92 Å². The molecule has 4 nitrogen and oxygen atoms in total. The molecular weight excluding hydrogens is 266 g/mol. The molecule has 0 radical (unpaired) electrons. The van der Waals surface area contributed by atoms with Gasteiger partial charge < -0.3 is 14.8 Å². The van der Waals surface area contributed by atoms with Crippen molar-refractivity contribution in [1.82, 2.24) is 0 Å². The van der Waals surface area contributed by atoms with Crippen LogP contribution >= 0.6 is 0 Å². The van der Waals surface area contributed by atoms with Crippen molar-refractivity contribution in [1.29, 1.82) is 0 Å². The number of rotatable bonds is 2. The Labute approximate surface area is 124 Å². The second kappa shape index (κ2) is 5.11. The molecule has 1 spiro atoms. The number of ether oxygens (including phenoxy) is 2. The molecule has 21 heavy (non-hydrogen) atoms. The number of nitrogens with one attached hydrogen (secondary N) is 1. The third-order valence-corrected chi connectivity index (χ3v) is 5.08. The molecule has 112 valence electrons. The lowest BCUT2D eigenvalue weighted by atomic mass is 9.81. The maximum Gasteiger partial charge on any atom is 0.158 e. The molecule has 4 heteroatoms. The van der Waals surface area contributed by atoms with E-state index in [0.29, 0.717) is 19.0 Å². The molecule has 0 saturated carbocycles. The second-order valence-corrected chi connectivity index (χ2v) is 6.48. The molecular formula is C17H21NO3.